The van der Waals surface area contributed by atoms with Crippen LogP contribution in [0.15, 0.2) is 0 Å². The Morgan fingerprint density at radius 2 is 1.36 bits per heavy atom. The van der Waals surface area contributed by atoms with Crippen molar-refractivity contribution in [3.63, 3.8) is 0 Å². The van der Waals surface area contributed by atoms with Crippen molar-refractivity contribution in [3.05, 3.63) is 0 Å². The molecule has 5 N–H and O–H groups in total. The third-order valence-corrected chi connectivity index (χ3v) is 1.70. The van der Waals surface area contributed by atoms with Gasteiger partial charge in [-0.2, -0.15) is 0 Å². The van der Waals surface area contributed by atoms with Gasteiger partial charge in [0.1, 0.15) is 24.4 Å². The van der Waals surface area contributed by atoms with Gasteiger partial charge in [-0.05, 0) is 0 Å². The van der Waals surface area contributed by atoms with Crippen molar-refractivity contribution in [1.82, 2.24) is 0 Å². The fourth-order valence-corrected chi connectivity index (χ4v) is 0.735. The van der Waals surface area contributed by atoms with Gasteiger partial charge in [-0.1, -0.05) is 0 Å². The number of rotatable bonds is 5. The summed E-state index contributed by atoms with van der Waals surface area (Å²) >= 11 is 0. The number of hydrogen-bond acceptors (Lipinski definition) is 10. The molecule has 137 valence electrons. The van der Waals surface area contributed by atoms with Crippen LogP contribution in [0.4, 0.5) is 0 Å². The third-order valence-electron chi connectivity index (χ3n) is 1.70. The van der Waals surface area contributed by atoms with Crippen molar-refractivity contribution < 1.29 is 72.1 Å². The third kappa shape index (κ3) is 16.0. The second-order valence-electron chi connectivity index (χ2n) is 3.51. The predicted molar refractivity (Wildman–Crippen MR) is 69.3 cm³/mol. The molecule has 0 amide bonds. The molecule has 0 bridgehead atoms. The SMILES string of the molecule is CC(=O)OOC(C)=O.O=CC(O)C(O)C(O)C(O)CO.[Au].[SeH2]. The van der Waals surface area contributed by atoms with Crippen LogP contribution in [0.3, 0.4) is 0 Å². The Labute approximate surface area is 152 Å². The summed E-state index contributed by atoms with van der Waals surface area (Å²) in [5.74, 6) is -1.28. The monoisotopic (exact) mass is 577 g/mol. The van der Waals surface area contributed by atoms with Crippen LogP contribution >= 0.6 is 0 Å². The quantitative estimate of drug-likeness (QED) is 0.0935. The molecule has 0 rings (SSSR count). The first-order chi connectivity index (χ1) is 9.17. The zero-order valence-electron chi connectivity index (χ0n) is 11.7. The summed E-state index contributed by atoms with van der Waals surface area (Å²) < 4.78 is 0. The first-order valence-electron chi connectivity index (χ1n) is 5.31. The van der Waals surface area contributed by atoms with Gasteiger partial charge in [-0.25, -0.2) is 19.4 Å². The zero-order chi connectivity index (χ0) is 16.3. The number of carbonyl (C=O) groups is 3. The Bertz CT molecular complexity index is 302. The van der Waals surface area contributed by atoms with E-state index in [4.69, 9.17) is 25.5 Å². The van der Waals surface area contributed by atoms with Crippen LogP contribution in [0.2, 0.25) is 0 Å². The minimum atomic E-state index is -1.79. The van der Waals surface area contributed by atoms with Gasteiger partial charge in [0.05, 0.1) is 6.61 Å². The van der Waals surface area contributed by atoms with Crippen LogP contribution in [0, 0.1) is 0 Å². The van der Waals surface area contributed by atoms with E-state index in [-0.39, 0.29) is 45.7 Å². The summed E-state index contributed by atoms with van der Waals surface area (Å²) in [6, 6.07) is 0. The Morgan fingerprint density at radius 1 is 1.00 bits per heavy atom. The molecule has 10 nitrogen and oxygen atoms in total. The van der Waals surface area contributed by atoms with E-state index in [9.17, 15) is 14.4 Å². The van der Waals surface area contributed by atoms with Crippen LogP contribution in [0.5, 0.6) is 0 Å². The van der Waals surface area contributed by atoms with Gasteiger partial charge in [0.15, 0.2) is 6.29 Å². The van der Waals surface area contributed by atoms with E-state index in [1.165, 1.54) is 0 Å². The standard InChI is InChI=1S/C6H12O6.C4H6O4.Au.H2Se/c7-1-3(9)5(11)6(12)4(10)2-8;1-3(5)7-8-4(2)6;;/h1,3-6,8-12H,2H2;1-2H3;;1H2. The average molecular weight is 576 g/mol. The molecule has 22 heavy (non-hydrogen) atoms. The van der Waals surface area contributed by atoms with E-state index in [0.29, 0.717) is 0 Å². The Hall–Kier alpha value is -0.330. The number of aldehydes is 1. The first-order valence-corrected chi connectivity index (χ1v) is 5.31. The molecule has 0 heterocycles. The average Bonchev–Trinajstić information content (AvgIpc) is 2.42. The minimum absolute atomic E-state index is 0. The number of aliphatic hydroxyl groups is 5. The van der Waals surface area contributed by atoms with Gasteiger partial charge < -0.3 is 30.3 Å². The van der Waals surface area contributed by atoms with Crippen molar-refractivity contribution in [2.24, 2.45) is 0 Å². The molecule has 0 saturated heterocycles. The van der Waals surface area contributed by atoms with Crippen LogP contribution in [-0.2, 0) is 46.5 Å². The van der Waals surface area contributed by atoms with Gasteiger partial charge in [0.25, 0.3) is 0 Å². The molecule has 0 fully saturated rings. The van der Waals surface area contributed by atoms with Gasteiger partial charge >= 0.3 is 29.0 Å². The number of hydrogen-bond donors (Lipinski definition) is 5. The maximum absolute atomic E-state index is 9.90. The molecule has 0 aromatic carbocycles. The summed E-state index contributed by atoms with van der Waals surface area (Å²) in [4.78, 5) is 37.2. The van der Waals surface area contributed by atoms with Gasteiger partial charge in [-0.15, -0.1) is 0 Å². The summed E-state index contributed by atoms with van der Waals surface area (Å²) in [5, 5.41) is 43.5. The van der Waals surface area contributed by atoms with E-state index in [2.05, 4.69) is 9.78 Å². The number of aliphatic hydroxyl groups excluding tert-OH is 5. The van der Waals surface area contributed by atoms with Gasteiger partial charge in [-0.3, -0.25) is 0 Å². The van der Waals surface area contributed by atoms with E-state index >= 15 is 0 Å². The molecule has 0 aliphatic carbocycles. The van der Waals surface area contributed by atoms with Crippen LogP contribution in [0.25, 0.3) is 0 Å². The summed E-state index contributed by atoms with van der Waals surface area (Å²) in [7, 11) is 0. The molecule has 0 aliphatic rings. The fourth-order valence-electron chi connectivity index (χ4n) is 0.735. The molecule has 0 saturated carbocycles. The van der Waals surface area contributed by atoms with Crippen LogP contribution in [-0.4, -0.2) is 91.8 Å². The second kappa shape index (κ2) is 17.0. The Morgan fingerprint density at radius 3 is 1.59 bits per heavy atom. The molecular weight excluding hydrogens is 556 g/mol. The molecule has 0 spiro atoms. The zero-order valence-corrected chi connectivity index (χ0v) is 15.9. The Balaban J connectivity index is -0.000000144. The molecule has 0 aliphatic heterocycles. The molecule has 0 aromatic rings. The van der Waals surface area contributed by atoms with Crippen LogP contribution in [0.1, 0.15) is 13.8 Å². The normalized spacial score (nSPS) is 14.3. The molecule has 1 radical (unpaired) electrons. The van der Waals surface area contributed by atoms with Crippen molar-refractivity contribution in [2.75, 3.05) is 6.61 Å². The first kappa shape index (κ1) is 29.7. The molecule has 12 heteroatoms. The second-order valence-corrected chi connectivity index (χ2v) is 3.51. The van der Waals surface area contributed by atoms with Gasteiger partial charge in [0, 0.05) is 36.2 Å². The van der Waals surface area contributed by atoms with Crippen molar-refractivity contribution in [3.8, 4) is 0 Å². The van der Waals surface area contributed by atoms with Crippen molar-refractivity contribution >= 4 is 35.3 Å². The van der Waals surface area contributed by atoms with E-state index in [1.54, 1.807) is 0 Å². The summed E-state index contributed by atoms with van der Waals surface area (Å²) in [6.45, 7) is 1.52. The van der Waals surface area contributed by atoms with E-state index < -0.39 is 43.0 Å². The Kier molecular flexibility index (Phi) is 23.0. The van der Waals surface area contributed by atoms with E-state index in [0.717, 1.165) is 13.8 Å². The van der Waals surface area contributed by atoms with Crippen molar-refractivity contribution in [1.29, 1.82) is 0 Å². The van der Waals surface area contributed by atoms with Crippen LogP contribution < -0.4 is 0 Å². The molecule has 0 aromatic heterocycles. The molecule has 4 atom stereocenters. The molecular formula is C10H20AuO10Se. The summed E-state index contributed by atoms with van der Waals surface area (Å²) in [6.07, 6.45) is -6.84. The fraction of sp³-hybridized carbons (Fsp3) is 0.700. The van der Waals surface area contributed by atoms with E-state index in [1.807, 2.05) is 0 Å². The van der Waals surface area contributed by atoms with Gasteiger partial charge in [0.2, 0.25) is 0 Å². The topological polar surface area (TPSA) is 171 Å². The van der Waals surface area contributed by atoms with Crippen molar-refractivity contribution in [2.45, 2.75) is 38.3 Å². The number of carbonyl (C=O) groups excluding carboxylic acids is 3. The molecule has 4 unspecified atom stereocenters. The maximum atomic E-state index is 9.90. The predicted octanol–water partition coefficient (Wildman–Crippen LogP) is -4.27. The summed E-state index contributed by atoms with van der Waals surface area (Å²) in [5.41, 5.74) is 0.